The number of halogens is 1. The predicted molar refractivity (Wildman–Crippen MR) is 60.7 cm³/mol. The van der Waals surface area contributed by atoms with Crippen molar-refractivity contribution in [3.05, 3.63) is 22.7 Å². The lowest BCUT2D eigenvalue weighted by Gasteiger charge is -2.49. The molecule has 1 fully saturated rings. The van der Waals surface area contributed by atoms with Gasteiger partial charge in [-0.15, -0.1) is 0 Å². The van der Waals surface area contributed by atoms with Crippen LogP contribution in [0, 0.1) is 11.3 Å². The van der Waals surface area contributed by atoms with E-state index in [1.165, 1.54) is 6.42 Å². The van der Waals surface area contributed by atoms with Crippen molar-refractivity contribution in [2.75, 3.05) is 0 Å². The first-order valence-corrected chi connectivity index (χ1v) is 5.92. The maximum Gasteiger partial charge on any atom is 0.108 e. The van der Waals surface area contributed by atoms with Crippen molar-refractivity contribution in [2.45, 2.75) is 31.9 Å². The molecular weight excluding hydrogens is 242 g/mol. The minimum atomic E-state index is -0.670. The molecule has 3 heteroatoms. The summed E-state index contributed by atoms with van der Waals surface area (Å²) < 4.78 is 1.13. The van der Waals surface area contributed by atoms with Crippen molar-refractivity contribution in [1.82, 2.24) is 0 Å². The summed E-state index contributed by atoms with van der Waals surface area (Å²) in [7, 11) is 0. The Kier molecular flexibility index (Phi) is 2.82. The molecular formula is C11H16BrNO. The zero-order chi connectivity index (χ0) is 10.2. The molecule has 0 aromatic heterocycles. The Morgan fingerprint density at radius 2 is 2.29 bits per heavy atom. The Morgan fingerprint density at radius 3 is 2.64 bits per heavy atom. The maximum absolute atomic E-state index is 9.65. The molecule has 2 atom stereocenters. The Bertz CT molecular complexity index is 279. The second-order valence-electron chi connectivity index (χ2n) is 4.32. The number of rotatable bonds is 2. The number of allylic oxidation sites excluding steroid dienone is 4. The van der Waals surface area contributed by atoms with E-state index in [1.807, 2.05) is 0 Å². The van der Waals surface area contributed by atoms with E-state index in [4.69, 9.17) is 5.73 Å². The summed E-state index contributed by atoms with van der Waals surface area (Å²) in [6.07, 6.45) is 10.0. The molecule has 2 nitrogen and oxygen atoms in total. The summed E-state index contributed by atoms with van der Waals surface area (Å²) in [6, 6.07) is 0. The highest BCUT2D eigenvalue weighted by Gasteiger charge is 2.47. The van der Waals surface area contributed by atoms with Gasteiger partial charge in [-0.25, -0.2) is 0 Å². The molecule has 3 N–H and O–H groups in total. The van der Waals surface area contributed by atoms with Crippen molar-refractivity contribution in [2.24, 2.45) is 17.1 Å². The lowest BCUT2D eigenvalue weighted by molar-refractivity contribution is -0.0618. The smallest absolute Gasteiger partial charge is 0.108 e. The quantitative estimate of drug-likeness (QED) is 0.746. The fourth-order valence-corrected chi connectivity index (χ4v) is 2.83. The molecule has 2 rings (SSSR count). The maximum atomic E-state index is 9.65. The third-order valence-electron chi connectivity index (χ3n) is 3.67. The van der Waals surface area contributed by atoms with Crippen molar-refractivity contribution in [3.63, 3.8) is 0 Å². The van der Waals surface area contributed by atoms with Gasteiger partial charge in [0.25, 0.3) is 0 Å². The van der Waals surface area contributed by atoms with E-state index < -0.39 is 6.23 Å². The van der Waals surface area contributed by atoms with Crippen LogP contribution in [0.15, 0.2) is 22.7 Å². The fourth-order valence-electron chi connectivity index (χ4n) is 2.49. The van der Waals surface area contributed by atoms with Crippen LogP contribution in [0.5, 0.6) is 0 Å². The van der Waals surface area contributed by atoms with E-state index >= 15 is 0 Å². The third kappa shape index (κ3) is 1.58. The molecule has 0 radical (unpaired) electrons. The Balaban J connectivity index is 2.11. The number of nitrogens with two attached hydrogens (primary N) is 1. The van der Waals surface area contributed by atoms with Crippen LogP contribution in [0.1, 0.15) is 25.7 Å². The number of hydrogen-bond acceptors (Lipinski definition) is 2. The molecule has 0 spiro atoms. The molecule has 14 heavy (non-hydrogen) atoms. The molecule has 0 bridgehead atoms. The first-order valence-electron chi connectivity index (χ1n) is 5.13. The molecule has 0 heterocycles. The van der Waals surface area contributed by atoms with Crippen LogP contribution >= 0.6 is 15.9 Å². The molecule has 78 valence electrons. The Morgan fingerprint density at radius 1 is 1.57 bits per heavy atom. The van der Waals surface area contributed by atoms with E-state index in [2.05, 4.69) is 34.2 Å². The van der Waals surface area contributed by atoms with Crippen molar-refractivity contribution in [3.8, 4) is 0 Å². The topological polar surface area (TPSA) is 46.2 Å². The molecule has 2 aliphatic carbocycles. The highest BCUT2D eigenvalue weighted by atomic mass is 79.9. The molecule has 0 aliphatic heterocycles. The monoisotopic (exact) mass is 257 g/mol. The summed E-state index contributed by atoms with van der Waals surface area (Å²) in [5.74, 6) is 0.414. The zero-order valence-electron chi connectivity index (χ0n) is 8.12. The second kappa shape index (κ2) is 3.80. The normalized spacial score (nSPS) is 31.9. The number of aliphatic hydroxyl groups excluding tert-OH is 1. The average molecular weight is 258 g/mol. The van der Waals surface area contributed by atoms with Gasteiger partial charge in [0.05, 0.1) is 0 Å². The molecule has 0 amide bonds. The van der Waals surface area contributed by atoms with Crippen LogP contribution in [0.3, 0.4) is 0 Å². The molecule has 0 aromatic rings. The summed E-state index contributed by atoms with van der Waals surface area (Å²) >= 11 is 3.44. The summed E-state index contributed by atoms with van der Waals surface area (Å²) in [4.78, 5) is 0. The van der Waals surface area contributed by atoms with Gasteiger partial charge in [-0.3, -0.25) is 0 Å². The molecule has 0 aromatic carbocycles. The van der Waals surface area contributed by atoms with Gasteiger partial charge in [-0.1, -0.05) is 40.6 Å². The highest BCUT2D eigenvalue weighted by Crippen LogP contribution is 2.51. The van der Waals surface area contributed by atoms with Gasteiger partial charge in [-0.05, 0) is 25.2 Å². The lowest BCUT2D eigenvalue weighted by atomic mass is 9.58. The molecule has 0 saturated heterocycles. The predicted octanol–water partition coefficient (Wildman–Crippen LogP) is 2.29. The van der Waals surface area contributed by atoms with Gasteiger partial charge in [-0.2, -0.15) is 0 Å². The molecule has 2 unspecified atom stereocenters. The third-order valence-corrected chi connectivity index (χ3v) is 4.25. The fraction of sp³-hybridized carbons (Fsp3) is 0.636. The van der Waals surface area contributed by atoms with Crippen LogP contribution in [0.25, 0.3) is 0 Å². The largest absolute Gasteiger partial charge is 0.378 e. The summed E-state index contributed by atoms with van der Waals surface area (Å²) in [6.45, 7) is 0. The van der Waals surface area contributed by atoms with E-state index in [-0.39, 0.29) is 5.41 Å². The first kappa shape index (κ1) is 10.4. The van der Waals surface area contributed by atoms with Crippen molar-refractivity contribution < 1.29 is 5.11 Å². The first-order chi connectivity index (χ1) is 6.65. The molecule has 1 saturated carbocycles. The minimum absolute atomic E-state index is 0.0410. The van der Waals surface area contributed by atoms with Gasteiger partial charge in [0, 0.05) is 9.90 Å². The average Bonchev–Trinajstić information content (AvgIpc) is 2.05. The lowest BCUT2D eigenvalue weighted by Crippen LogP contribution is -2.51. The van der Waals surface area contributed by atoms with Gasteiger partial charge in [0.2, 0.25) is 0 Å². The summed E-state index contributed by atoms with van der Waals surface area (Å²) in [5.41, 5.74) is 5.65. The van der Waals surface area contributed by atoms with E-state index in [0.717, 1.165) is 23.7 Å². The standard InChI is InChI=1S/C11H16BrNO/c12-9-4-2-8(3-5-9)11(10(13)14)6-1-7-11/h2,4-5,8,10,14H,1,3,6-7,13H2. The second-order valence-corrected chi connectivity index (χ2v) is 5.24. The van der Waals surface area contributed by atoms with Gasteiger partial charge < -0.3 is 10.8 Å². The SMILES string of the molecule is NC(O)C1(C2C=CC(Br)=CC2)CCC1. The van der Waals surface area contributed by atoms with Crippen LogP contribution in [0.2, 0.25) is 0 Å². The van der Waals surface area contributed by atoms with E-state index in [0.29, 0.717) is 5.92 Å². The molecule has 2 aliphatic rings. The van der Waals surface area contributed by atoms with Gasteiger partial charge in [0.1, 0.15) is 6.23 Å². The van der Waals surface area contributed by atoms with Gasteiger partial charge in [0.15, 0.2) is 0 Å². The minimum Gasteiger partial charge on any atom is -0.378 e. The van der Waals surface area contributed by atoms with E-state index in [1.54, 1.807) is 0 Å². The van der Waals surface area contributed by atoms with Crippen LogP contribution < -0.4 is 5.73 Å². The number of hydrogen-bond donors (Lipinski definition) is 2. The zero-order valence-corrected chi connectivity index (χ0v) is 9.70. The highest BCUT2D eigenvalue weighted by molar-refractivity contribution is 9.11. The Labute approximate surface area is 93.0 Å². The van der Waals surface area contributed by atoms with Crippen LogP contribution in [-0.2, 0) is 0 Å². The Hall–Kier alpha value is -0.120. The van der Waals surface area contributed by atoms with Crippen LogP contribution in [-0.4, -0.2) is 11.3 Å². The number of aliphatic hydroxyl groups is 1. The van der Waals surface area contributed by atoms with E-state index in [9.17, 15) is 5.11 Å². The van der Waals surface area contributed by atoms with Crippen LogP contribution in [0.4, 0.5) is 0 Å². The summed E-state index contributed by atoms with van der Waals surface area (Å²) in [5, 5.41) is 9.65. The van der Waals surface area contributed by atoms with Crippen molar-refractivity contribution in [1.29, 1.82) is 0 Å². The van der Waals surface area contributed by atoms with Gasteiger partial charge >= 0.3 is 0 Å². The van der Waals surface area contributed by atoms with Crippen molar-refractivity contribution >= 4 is 15.9 Å².